The number of tetrazole rings is 1. The first kappa shape index (κ1) is 11.0. The van der Waals surface area contributed by atoms with Gasteiger partial charge in [-0.1, -0.05) is 5.10 Å². The zero-order chi connectivity index (χ0) is 13.2. The Bertz CT molecular complexity index is 793. The number of aromatic amines is 2. The second-order valence-electron chi connectivity index (χ2n) is 3.64. The molecule has 3 N–H and O–H groups in total. The van der Waals surface area contributed by atoms with Crippen LogP contribution in [0.25, 0.3) is 11.0 Å². The molecule has 94 valence electrons. The lowest BCUT2D eigenvalue weighted by molar-refractivity contribution is 0.102. The maximum absolute atomic E-state index is 12.1. The van der Waals surface area contributed by atoms with Crippen molar-refractivity contribution in [1.29, 1.82) is 0 Å². The van der Waals surface area contributed by atoms with Crippen molar-refractivity contribution in [3.63, 3.8) is 0 Å². The molecule has 0 saturated carbocycles. The third-order valence-electron chi connectivity index (χ3n) is 2.47. The lowest BCUT2D eigenvalue weighted by Crippen LogP contribution is -2.22. The van der Waals surface area contributed by atoms with E-state index in [1.165, 1.54) is 6.20 Å². The van der Waals surface area contributed by atoms with Gasteiger partial charge in [-0.15, -0.1) is 0 Å². The van der Waals surface area contributed by atoms with Gasteiger partial charge < -0.3 is 4.98 Å². The maximum atomic E-state index is 12.1. The fourth-order valence-electron chi connectivity index (χ4n) is 1.61. The van der Waals surface area contributed by atoms with Crippen molar-refractivity contribution >= 4 is 22.9 Å². The number of carbonyl (C=O) groups excluding carboxylic acids is 1. The fourth-order valence-corrected chi connectivity index (χ4v) is 1.61. The molecule has 0 unspecified atom stereocenters. The largest absolute Gasteiger partial charge is 0.345 e. The van der Waals surface area contributed by atoms with Gasteiger partial charge in [0.15, 0.2) is 0 Å². The number of nitrogens with one attached hydrogen (secondary N) is 3. The van der Waals surface area contributed by atoms with Gasteiger partial charge in [-0.3, -0.25) is 14.9 Å². The number of hydrogen-bond donors (Lipinski definition) is 3. The van der Waals surface area contributed by atoms with Crippen LogP contribution in [0, 0.1) is 0 Å². The molecule has 0 atom stereocenters. The molecular weight excluding hydrogens is 250 g/mol. The molecule has 0 fully saturated rings. The number of carbonyl (C=O) groups is 1. The molecule has 9 nitrogen and oxygen atoms in total. The number of fused-ring (bicyclic) bond motifs is 1. The molecule has 3 heterocycles. The molecule has 3 aromatic heterocycles. The third-order valence-corrected chi connectivity index (χ3v) is 2.47. The van der Waals surface area contributed by atoms with E-state index in [2.05, 4.69) is 35.9 Å². The van der Waals surface area contributed by atoms with Crippen LogP contribution in [0.3, 0.4) is 0 Å². The summed E-state index contributed by atoms with van der Waals surface area (Å²) < 4.78 is 0. The number of amides is 1. The smallest absolute Gasteiger partial charge is 0.263 e. The number of hydrogen-bond acceptors (Lipinski definition) is 6. The van der Waals surface area contributed by atoms with E-state index in [-0.39, 0.29) is 11.5 Å². The number of anilines is 1. The number of nitrogens with zero attached hydrogens (tertiary/aromatic N) is 4. The van der Waals surface area contributed by atoms with Gasteiger partial charge in [0.25, 0.3) is 5.91 Å². The first-order valence-electron chi connectivity index (χ1n) is 5.27. The summed E-state index contributed by atoms with van der Waals surface area (Å²) in [5, 5.41) is 15.2. The molecule has 0 spiro atoms. The van der Waals surface area contributed by atoms with Crippen LogP contribution in [0.5, 0.6) is 0 Å². The van der Waals surface area contributed by atoms with Crippen LogP contribution in [0.1, 0.15) is 10.4 Å². The van der Waals surface area contributed by atoms with Crippen LogP contribution in [-0.2, 0) is 0 Å². The highest BCUT2D eigenvalue weighted by Crippen LogP contribution is 2.05. The van der Waals surface area contributed by atoms with Crippen molar-refractivity contribution < 1.29 is 4.79 Å². The van der Waals surface area contributed by atoms with Gasteiger partial charge in [-0.25, -0.2) is 10.1 Å². The Balaban J connectivity index is 2.03. The highest BCUT2D eigenvalue weighted by Gasteiger charge is 2.14. The summed E-state index contributed by atoms with van der Waals surface area (Å²) in [6, 6.07) is 3.22. The van der Waals surface area contributed by atoms with Gasteiger partial charge in [0.1, 0.15) is 11.2 Å². The quantitative estimate of drug-likeness (QED) is 0.577. The Hall–Kier alpha value is -3.10. The lowest BCUT2D eigenvalue weighted by Gasteiger charge is -2.02. The van der Waals surface area contributed by atoms with Crippen LogP contribution >= 0.6 is 0 Å². The van der Waals surface area contributed by atoms with Crippen molar-refractivity contribution in [2.24, 2.45) is 0 Å². The average Bonchev–Trinajstić information content (AvgIpc) is 2.92. The highest BCUT2D eigenvalue weighted by molar-refractivity contribution is 6.04. The van der Waals surface area contributed by atoms with Gasteiger partial charge in [0.2, 0.25) is 11.4 Å². The first-order valence-corrected chi connectivity index (χ1v) is 5.27. The maximum Gasteiger partial charge on any atom is 0.263 e. The van der Waals surface area contributed by atoms with Crippen molar-refractivity contribution in [1.82, 2.24) is 30.6 Å². The molecule has 0 aliphatic heterocycles. The Morgan fingerprint density at radius 2 is 2.26 bits per heavy atom. The molecule has 0 radical (unpaired) electrons. The van der Waals surface area contributed by atoms with Crippen LogP contribution in [0.15, 0.2) is 29.3 Å². The molecule has 0 aliphatic carbocycles. The summed E-state index contributed by atoms with van der Waals surface area (Å²) in [4.78, 5) is 30.8. The van der Waals surface area contributed by atoms with E-state index in [9.17, 15) is 9.59 Å². The van der Waals surface area contributed by atoms with E-state index in [1.54, 1.807) is 18.3 Å². The Morgan fingerprint density at radius 1 is 1.37 bits per heavy atom. The third kappa shape index (κ3) is 1.92. The van der Waals surface area contributed by atoms with Crippen molar-refractivity contribution in [3.05, 3.63) is 40.3 Å². The van der Waals surface area contributed by atoms with Gasteiger partial charge in [0.05, 0.1) is 5.39 Å². The van der Waals surface area contributed by atoms with E-state index < -0.39 is 11.3 Å². The number of pyridine rings is 2. The number of aromatic nitrogens is 6. The van der Waals surface area contributed by atoms with Crippen molar-refractivity contribution in [2.45, 2.75) is 0 Å². The number of rotatable bonds is 2. The van der Waals surface area contributed by atoms with E-state index in [1.807, 2.05) is 0 Å². The minimum atomic E-state index is -0.606. The van der Waals surface area contributed by atoms with Gasteiger partial charge in [0, 0.05) is 12.4 Å². The average molecular weight is 257 g/mol. The fraction of sp³-hybridized carbons (Fsp3) is 0. The number of H-pyrrole nitrogens is 2. The summed E-state index contributed by atoms with van der Waals surface area (Å²) in [6.45, 7) is 0. The summed E-state index contributed by atoms with van der Waals surface area (Å²) in [5.41, 5.74) is -0.0332. The zero-order valence-corrected chi connectivity index (χ0v) is 9.41. The SMILES string of the molecule is O=C(Nc1nnn[nH]1)c1c[nH]c2ncccc2c1=O. The second kappa shape index (κ2) is 4.29. The highest BCUT2D eigenvalue weighted by atomic mass is 16.2. The second-order valence-corrected chi connectivity index (χ2v) is 3.64. The standard InChI is InChI=1S/C10H7N7O2/c18-7-5-2-1-3-11-8(5)12-4-6(7)9(19)13-10-14-16-17-15-10/h1-4H,(H,11,12,18)(H2,13,14,15,16,17,19). The Kier molecular flexibility index (Phi) is 2.49. The minimum absolute atomic E-state index is 0.0445. The molecular formula is C10H7N7O2. The topological polar surface area (TPSA) is 129 Å². The van der Waals surface area contributed by atoms with E-state index in [0.717, 1.165) is 0 Å². The molecule has 0 aromatic carbocycles. The van der Waals surface area contributed by atoms with Crippen LogP contribution in [0.4, 0.5) is 5.95 Å². The molecule has 19 heavy (non-hydrogen) atoms. The van der Waals surface area contributed by atoms with E-state index in [4.69, 9.17) is 0 Å². The van der Waals surface area contributed by atoms with Gasteiger partial charge in [-0.2, -0.15) is 0 Å². The molecule has 0 aliphatic rings. The normalized spacial score (nSPS) is 10.5. The molecule has 1 amide bonds. The van der Waals surface area contributed by atoms with Crippen LogP contribution in [-0.4, -0.2) is 36.5 Å². The summed E-state index contributed by atoms with van der Waals surface area (Å²) in [7, 11) is 0. The van der Waals surface area contributed by atoms with Gasteiger partial charge >= 0.3 is 0 Å². The molecule has 3 aromatic rings. The monoisotopic (exact) mass is 257 g/mol. The first-order chi connectivity index (χ1) is 9.25. The zero-order valence-electron chi connectivity index (χ0n) is 9.41. The summed E-state index contributed by atoms with van der Waals surface area (Å²) >= 11 is 0. The Labute approximate surface area is 105 Å². The summed E-state index contributed by atoms with van der Waals surface area (Å²) in [5.74, 6) is -0.541. The predicted octanol–water partition coefficient (Wildman–Crippen LogP) is -0.312. The van der Waals surface area contributed by atoms with E-state index in [0.29, 0.717) is 11.0 Å². The van der Waals surface area contributed by atoms with Crippen LogP contribution < -0.4 is 10.7 Å². The van der Waals surface area contributed by atoms with Gasteiger partial charge in [-0.05, 0) is 22.6 Å². The summed E-state index contributed by atoms with van der Waals surface area (Å²) in [6.07, 6.45) is 2.86. The lowest BCUT2D eigenvalue weighted by atomic mass is 10.2. The van der Waals surface area contributed by atoms with Crippen LogP contribution in [0.2, 0.25) is 0 Å². The molecule has 3 rings (SSSR count). The molecule has 0 saturated heterocycles. The van der Waals surface area contributed by atoms with Crippen molar-refractivity contribution in [3.8, 4) is 0 Å². The molecule has 9 heteroatoms. The Morgan fingerprint density at radius 3 is 3.05 bits per heavy atom. The van der Waals surface area contributed by atoms with E-state index >= 15 is 0 Å². The predicted molar refractivity (Wildman–Crippen MR) is 64.5 cm³/mol. The van der Waals surface area contributed by atoms with Crippen molar-refractivity contribution in [2.75, 3.05) is 5.32 Å². The minimum Gasteiger partial charge on any atom is -0.345 e. The molecule has 0 bridgehead atoms.